The molecule has 1 atom stereocenters. The summed E-state index contributed by atoms with van der Waals surface area (Å²) in [6.07, 6.45) is 1.26. The van der Waals surface area contributed by atoms with E-state index in [0.29, 0.717) is 12.0 Å². The summed E-state index contributed by atoms with van der Waals surface area (Å²) in [5, 5.41) is 3.56. The summed E-state index contributed by atoms with van der Waals surface area (Å²) in [6.45, 7) is 11.4. The third kappa shape index (κ3) is 3.56. The second kappa shape index (κ2) is 6.35. The van der Waals surface area contributed by atoms with Crippen LogP contribution in [0.5, 0.6) is 0 Å². The van der Waals surface area contributed by atoms with E-state index in [1.54, 1.807) is 0 Å². The van der Waals surface area contributed by atoms with Crippen LogP contribution in [0.4, 0.5) is 0 Å². The van der Waals surface area contributed by atoms with Crippen LogP contribution in [0.1, 0.15) is 31.4 Å². The van der Waals surface area contributed by atoms with Crippen molar-refractivity contribution in [3.63, 3.8) is 0 Å². The zero-order chi connectivity index (χ0) is 13.0. The summed E-state index contributed by atoms with van der Waals surface area (Å²) in [4.78, 5) is 2.65. The molecule has 1 aromatic rings. The molecule has 2 nitrogen and oxygen atoms in total. The van der Waals surface area contributed by atoms with Gasteiger partial charge in [-0.2, -0.15) is 0 Å². The van der Waals surface area contributed by atoms with Gasteiger partial charge in [0.05, 0.1) is 0 Å². The molecule has 1 N–H and O–H groups in total. The Labute approximate surface area is 111 Å². The molecular formula is C16H26N2. The Morgan fingerprint density at radius 3 is 2.67 bits per heavy atom. The van der Waals surface area contributed by atoms with Crippen LogP contribution in [0, 0.1) is 12.8 Å². The van der Waals surface area contributed by atoms with Crippen molar-refractivity contribution >= 4 is 0 Å². The second-order valence-corrected chi connectivity index (χ2v) is 5.83. The summed E-state index contributed by atoms with van der Waals surface area (Å²) in [5.74, 6) is 0.709. The van der Waals surface area contributed by atoms with Crippen molar-refractivity contribution < 1.29 is 0 Å². The van der Waals surface area contributed by atoms with Crippen molar-refractivity contribution in [1.82, 2.24) is 10.2 Å². The van der Waals surface area contributed by atoms with E-state index >= 15 is 0 Å². The summed E-state index contributed by atoms with van der Waals surface area (Å²) in [5.41, 5.74) is 2.78. The van der Waals surface area contributed by atoms with Crippen LogP contribution in [0.25, 0.3) is 0 Å². The summed E-state index contributed by atoms with van der Waals surface area (Å²) in [7, 11) is 0. The zero-order valence-corrected chi connectivity index (χ0v) is 11.9. The van der Waals surface area contributed by atoms with Crippen molar-refractivity contribution in [2.24, 2.45) is 5.92 Å². The van der Waals surface area contributed by atoms with Crippen molar-refractivity contribution in [3.8, 4) is 0 Å². The normalized spacial score (nSPS) is 22.1. The maximum absolute atomic E-state index is 3.56. The molecule has 0 bridgehead atoms. The fourth-order valence-corrected chi connectivity index (χ4v) is 2.73. The summed E-state index contributed by atoms with van der Waals surface area (Å²) < 4.78 is 0. The standard InChI is InChI=1S/C16H26N2/c1-13(2)16-11-17-9-4-10-18(16)12-15-7-5-14(3)6-8-15/h5-8,13,16-17H,4,9-12H2,1-3H3. The van der Waals surface area contributed by atoms with Crippen LogP contribution in [0.15, 0.2) is 24.3 Å². The number of nitrogens with zero attached hydrogens (tertiary/aromatic N) is 1. The van der Waals surface area contributed by atoms with Gasteiger partial charge in [0.15, 0.2) is 0 Å². The van der Waals surface area contributed by atoms with Gasteiger partial charge in [0.2, 0.25) is 0 Å². The smallest absolute Gasteiger partial charge is 0.0247 e. The molecule has 2 rings (SSSR count). The Bertz CT molecular complexity index is 356. The topological polar surface area (TPSA) is 15.3 Å². The van der Waals surface area contributed by atoms with E-state index in [2.05, 4.69) is 55.3 Å². The van der Waals surface area contributed by atoms with Gasteiger partial charge in [0.25, 0.3) is 0 Å². The second-order valence-electron chi connectivity index (χ2n) is 5.83. The van der Waals surface area contributed by atoms with Gasteiger partial charge >= 0.3 is 0 Å². The third-order valence-electron chi connectivity index (χ3n) is 3.90. The number of rotatable bonds is 3. The van der Waals surface area contributed by atoms with Crippen LogP contribution >= 0.6 is 0 Å². The average molecular weight is 246 g/mol. The molecule has 0 spiro atoms. The Morgan fingerprint density at radius 1 is 1.28 bits per heavy atom. The molecule has 0 radical (unpaired) electrons. The maximum Gasteiger partial charge on any atom is 0.0247 e. The minimum absolute atomic E-state index is 0.661. The average Bonchev–Trinajstić information content (AvgIpc) is 2.57. The van der Waals surface area contributed by atoms with Gasteiger partial charge in [0.1, 0.15) is 0 Å². The van der Waals surface area contributed by atoms with Gasteiger partial charge in [-0.1, -0.05) is 43.7 Å². The SMILES string of the molecule is Cc1ccc(CN2CCCNCC2C(C)C)cc1. The highest BCUT2D eigenvalue weighted by Gasteiger charge is 2.23. The summed E-state index contributed by atoms with van der Waals surface area (Å²) in [6, 6.07) is 9.63. The van der Waals surface area contributed by atoms with Gasteiger partial charge in [-0.05, 0) is 31.4 Å². The minimum atomic E-state index is 0.661. The van der Waals surface area contributed by atoms with E-state index in [4.69, 9.17) is 0 Å². The number of hydrogen-bond acceptors (Lipinski definition) is 2. The highest BCUT2D eigenvalue weighted by Crippen LogP contribution is 2.17. The fourth-order valence-electron chi connectivity index (χ4n) is 2.73. The van der Waals surface area contributed by atoms with E-state index in [9.17, 15) is 0 Å². The predicted molar refractivity (Wildman–Crippen MR) is 77.7 cm³/mol. The molecule has 1 heterocycles. The zero-order valence-electron chi connectivity index (χ0n) is 11.9. The molecule has 0 aromatic heterocycles. The van der Waals surface area contributed by atoms with Crippen molar-refractivity contribution in [1.29, 1.82) is 0 Å². The van der Waals surface area contributed by atoms with Crippen molar-refractivity contribution in [2.75, 3.05) is 19.6 Å². The number of hydrogen-bond donors (Lipinski definition) is 1. The van der Waals surface area contributed by atoms with Crippen LogP contribution < -0.4 is 5.32 Å². The first-order valence-corrected chi connectivity index (χ1v) is 7.17. The molecule has 1 aromatic carbocycles. The fraction of sp³-hybridized carbons (Fsp3) is 0.625. The third-order valence-corrected chi connectivity index (χ3v) is 3.90. The first-order valence-electron chi connectivity index (χ1n) is 7.17. The van der Waals surface area contributed by atoms with E-state index in [-0.39, 0.29) is 0 Å². The summed E-state index contributed by atoms with van der Waals surface area (Å²) >= 11 is 0. The van der Waals surface area contributed by atoms with Gasteiger partial charge in [-0.25, -0.2) is 0 Å². The molecule has 0 saturated carbocycles. The molecule has 2 heteroatoms. The van der Waals surface area contributed by atoms with Gasteiger partial charge in [-0.3, -0.25) is 4.90 Å². The highest BCUT2D eigenvalue weighted by atomic mass is 15.2. The lowest BCUT2D eigenvalue weighted by molar-refractivity contribution is 0.158. The van der Waals surface area contributed by atoms with Crippen LogP contribution in [-0.4, -0.2) is 30.6 Å². The molecule has 100 valence electrons. The molecule has 1 fully saturated rings. The maximum atomic E-state index is 3.56. The van der Waals surface area contributed by atoms with Gasteiger partial charge < -0.3 is 5.32 Å². The Balaban J connectivity index is 2.06. The van der Waals surface area contributed by atoms with Crippen LogP contribution in [-0.2, 0) is 6.54 Å². The predicted octanol–water partition coefficient (Wildman–Crippen LogP) is 2.81. The monoisotopic (exact) mass is 246 g/mol. The lowest BCUT2D eigenvalue weighted by atomic mass is 10.0. The quantitative estimate of drug-likeness (QED) is 0.882. The first kappa shape index (κ1) is 13.6. The minimum Gasteiger partial charge on any atom is -0.315 e. The molecule has 1 unspecified atom stereocenters. The van der Waals surface area contributed by atoms with Crippen molar-refractivity contribution in [3.05, 3.63) is 35.4 Å². The molecule has 0 amide bonds. The molecule has 1 aliphatic heterocycles. The molecular weight excluding hydrogens is 220 g/mol. The molecule has 18 heavy (non-hydrogen) atoms. The lowest BCUT2D eigenvalue weighted by Gasteiger charge is -2.32. The molecule has 0 aliphatic carbocycles. The van der Waals surface area contributed by atoms with E-state index in [1.807, 2.05) is 0 Å². The molecule has 1 aliphatic rings. The Hall–Kier alpha value is -0.860. The van der Waals surface area contributed by atoms with E-state index < -0.39 is 0 Å². The van der Waals surface area contributed by atoms with Gasteiger partial charge in [0, 0.05) is 25.7 Å². The van der Waals surface area contributed by atoms with E-state index in [0.717, 1.165) is 19.6 Å². The van der Waals surface area contributed by atoms with Gasteiger partial charge in [-0.15, -0.1) is 0 Å². The number of nitrogens with one attached hydrogen (secondary N) is 1. The molecule has 1 saturated heterocycles. The first-order chi connectivity index (χ1) is 8.66. The Morgan fingerprint density at radius 2 is 2.00 bits per heavy atom. The highest BCUT2D eigenvalue weighted by molar-refractivity contribution is 5.21. The van der Waals surface area contributed by atoms with Crippen LogP contribution in [0.3, 0.4) is 0 Å². The van der Waals surface area contributed by atoms with E-state index in [1.165, 1.54) is 24.1 Å². The number of aryl methyl sites for hydroxylation is 1. The Kier molecular flexibility index (Phi) is 4.79. The van der Waals surface area contributed by atoms with Crippen LogP contribution in [0.2, 0.25) is 0 Å². The number of benzene rings is 1. The largest absolute Gasteiger partial charge is 0.315 e. The lowest BCUT2D eigenvalue weighted by Crippen LogP contribution is -2.42. The van der Waals surface area contributed by atoms with Crippen molar-refractivity contribution in [2.45, 2.75) is 39.8 Å².